The second kappa shape index (κ2) is 6.87. The third kappa shape index (κ3) is 3.55. The zero-order chi connectivity index (χ0) is 19.9. The van der Waals surface area contributed by atoms with Crippen molar-refractivity contribution in [3.63, 3.8) is 0 Å². The van der Waals surface area contributed by atoms with E-state index < -0.39 is 11.7 Å². The van der Waals surface area contributed by atoms with E-state index in [0.717, 1.165) is 29.0 Å². The highest BCUT2D eigenvalue weighted by Crippen LogP contribution is 2.36. The molecule has 2 heterocycles. The van der Waals surface area contributed by atoms with Crippen molar-refractivity contribution >= 4 is 28.9 Å². The van der Waals surface area contributed by atoms with E-state index in [1.54, 1.807) is 11.1 Å². The molecule has 0 aliphatic carbocycles. The van der Waals surface area contributed by atoms with Gasteiger partial charge in [0.25, 0.3) is 0 Å². The summed E-state index contributed by atoms with van der Waals surface area (Å²) in [7, 11) is 0. The zero-order valence-electron chi connectivity index (χ0n) is 14.7. The number of aromatic nitrogens is 2. The fraction of sp³-hybridized carbons (Fsp3) is 0.158. The third-order valence-corrected chi connectivity index (χ3v) is 4.63. The van der Waals surface area contributed by atoms with Gasteiger partial charge in [0.2, 0.25) is 0 Å². The molecule has 0 spiro atoms. The van der Waals surface area contributed by atoms with Gasteiger partial charge in [-0.1, -0.05) is 35.9 Å². The van der Waals surface area contributed by atoms with Crippen molar-refractivity contribution in [2.45, 2.75) is 19.6 Å². The summed E-state index contributed by atoms with van der Waals surface area (Å²) in [6.07, 6.45) is -4.45. The summed E-state index contributed by atoms with van der Waals surface area (Å²) >= 11 is 6.17. The Bertz CT molecular complexity index is 1060. The summed E-state index contributed by atoms with van der Waals surface area (Å²) in [5.41, 5.74) is 5.50. The summed E-state index contributed by atoms with van der Waals surface area (Å²) in [6.45, 7) is 2.28. The topological polar surface area (TPSA) is 56.3 Å². The number of rotatable bonds is 2. The highest BCUT2D eigenvalue weighted by Gasteiger charge is 2.32. The lowest BCUT2D eigenvalue weighted by Gasteiger charge is -2.33. The number of fused-ring (bicyclic) bond motifs is 1. The summed E-state index contributed by atoms with van der Waals surface area (Å²) in [6, 6.07) is 12.7. The molecule has 3 aromatic rings. The molecule has 0 unspecified atom stereocenters. The minimum absolute atomic E-state index is 0.00308. The van der Waals surface area contributed by atoms with E-state index in [4.69, 9.17) is 11.6 Å². The Morgan fingerprint density at radius 1 is 1.14 bits per heavy atom. The van der Waals surface area contributed by atoms with Crippen molar-refractivity contribution in [3.8, 4) is 0 Å². The standard InChI is InChI=1S/C19H15ClF3N5/c1-11-8-17(26-25-11)24-18-14-5-3-2-4-12(14)10-28(27-18)16-7-6-13(9-15(16)20)19(21,22)23/h2-9H,10H2,1H3,(H2,24,25,26,27). The van der Waals surface area contributed by atoms with Crippen molar-refractivity contribution in [1.82, 2.24) is 15.6 Å². The molecular weight excluding hydrogens is 391 g/mol. The zero-order valence-corrected chi connectivity index (χ0v) is 15.4. The number of amidine groups is 1. The van der Waals surface area contributed by atoms with E-state index in [-0.39, 0.29) is 5.02 Å². The predicted molar refractivity (Wildman–Crippen MR) is 102 cm³/mol. The molecule has 5 nitrogen and oxygen atoms in total. The maximum absolute atomic E-state index is 12.9. The number of nitrogens with one attached hydrogen (secondary N) is 2. The number of aliphatic imine (C=N–C) groups is 1. The summed E-state index contributed by atoms with van der Waals surface area (Å²) in [5.74, 6) is 1.03. The van der Waals surface area contributed by atoms with Crippen molar-refractivity contribution in [2.75, 3.05) is 5.01 Å². The number of hydrogen-bond donors (Lipinski definition) is 2. The second-order valence-corrected chi connectivity index (χ2v) is 6.80. The van der Waals surface area contributed by atoms with E-state index in [2.05, 4.69) is 20.6 Å². The number of aryl methyl sites for hydroxylation is 1. The molecule has 1 aliphatic heterocycles. The van der Waals surface area contributed by atoms with E-state index in [9.17, 15) is 13.2 Å². The number of aromatic amines is 1. The number of H-pyrrole nitrogens is 1. The quantitative estimate of drug-likeness (QED) is 0.631. The average Bonchev–Trinajstić information content (AvgIpc) is 3.05. The first-order valence-electron chi connectivity index (χ1n) is 8.41. The van der Waals surface area contributed by atoms with Crippen LogP contribution in [0.2, 0.25) is 5.02 Å². The van der Waals surface area contributed by atoms with Gasteiger partial charge < -0.3 is 0 Å². The van der Waals surface area contributed by atoms with Gasteiger partial charge in [-0.3, -0.25) is 15.5 Å². The minimum atomic E-state index is -4.45. The number of anilines is 1. The van der Waals surface area contributed by atoms with Gasteiger partial charge in [0, 0.05) is 17.3 Å². The molecule has 0 atom stereocenters. The molecule has 28 heavy (non-hydrogen) atoms. The van der Waals surface area contributed by atoms with Crippen molar-refractivity contribution in [2.24, 2.45) is 4.99 Å². The van der Waals surface area contributed by atoms with Gasteiger partial charge in [-0.05, 0) is 30.7 Å². The number of hydrogen-bond acceptors (Lipinski definition) is 3. The van der Waals surface area contributed by atoms with Gasteiger partial charge in [0.1, 0.15) is 0 Å². The van der Waals surface area contributed by atoms with E-state index in [0.29, 0.717) is 23.9 Å². The van der Waals surface area contributed by atoms with Crippen LogP contribution in [-0.4, -0.2) is 16.0 Å². The first kappa shape index (κ1) is 18.4. The predicted octanol–water partition coefficient (Wildman–Crippen LogP) is 4.99. The first-order chi connectivity index (χ1) is 13.3. The van der Waals surface area contributed by atoms with Crippen LogP contribution >= 0.6 is 11.6 Å². The molecule has 0 saturated heterocycles. The van der Waals surface area contributed by atoms with Crippen LogP contribution in [0, 0.1) is 6.92 Å². The Morgan fingerprint density at radius 3 is 2.61 bits per heavy atom. The van der Waals surface area contributed by atoms with Crippen molar-refractivity contribution < 1.29 is 13.2 Å². The second-order valence-electron chi connectivity index (χ2n) is 6.39. The van der Waals surface area contributed by atoms with Crippen LogP contribution in [0.3, 0.4) is 0 Å². The summed E-state index contributed by atoms with van der Waals surface area (Å²) < 4.78 is 38.8. The maximum atomic E-state index is 12.9. The number of halogens is 4. The van der Waals surface area contributed by atoms with Crippen LogP contribution in [0.5, 0.6) is 0 Å². The fourth-order valence-electron chi connectivity index (χ4n) is 3.00. The van der Waals surface area contributed by atoms with E-state index in [1.807, 2.05) is 31.2 Å². The average molecular weight is 406 g/mol. The van der Waals surface area contributed by atoms with Crippen LogP contribution in [-0.2, 0) is 12.7 Å². The number of benzene rings is 2. The van der Waals surface area contributed by atoms with E-state index in [1.165, 1.54) is 6.07 Å². The number of nitrogens with zero attached hydrogens (tertiary/aromatic N) is 3. The Hall–Kier alpha value is -3.00. The molecule has 0 bridgehead atoms. The lowest BCUT2D eigenvalue weighted by molar-refractivity contribution is -0.137. The highest BCUT2D eigenvalue weighted by molar-refractivity contribution is 6.33. The first-order valence-corrected chi connectivity index (χ1v) is 8.79. The molecule has 0 fully saturated rings. The lowest BCUT2D eigenvalue weighted by atomic mass is 10.0. The van der Waals surface area contributed by atoms with Gasteiger partial charge in [-0.25, -0.2) is 4.99 Å². The molecule has 0 radical (unpaired) electrons. The van der Waals surface area contributed by atoms with Gasteiger partial charge in [0.05, 0.1) is 22.8 Å². The molecule has 2 N–H and O–H groups in total. The SMILES string of the molecule is Cc1cc(N=C2NN(c3ccc(C(F)(F)F)cc3Cl)Cc3ccccc32)n[nH]1. The molecule has 0 amide bonds. The minimum Gasteiger partial charge on any atom is -0.281 e. The Labute approximate surface area is 163 Å². The van der Waals surface area contributed by atoms with Crippen molar-refractivity contribution in [3.05, 3.63) is 75.9 Å². The highest BCUT2D eigenvalue weighted by atomic mass is 35.5. The Morgan fingerprint density at radius 2 is 1.93 bits per heavy atom. The fourth-order valence-corrected chi connectivity index (χ4v) is 3.28. The lowest BCUT2D eigenvalue weighted by Crippen LogP contribution is -2.46. The molecule has 4 rings (SSSR count). The third-order valence-electron chi connectivity index (χ3n) is 4.33. The smallest absolute Gasteiger partial charge is 0.281 e. The molecule has 9 heteroatoms. The van der Waals surface area contributed by atoms with Crippen LogP contribution in [0.4, 0.5) is 24.7 Å². The van der Waals surface area contributed by atoms with Gasteiger partial charge in [-0.2, -0.15) is 18.3 Å². The van der Waals surface area contributed by atoms with Crippen LogP contribution in [0.15, 0.2) is 53.5 Å². The van der Waals surface area contributed by atoms with Gasteiger partial charge >= 0.3 is 6.18 Å². The van der Waals surface area contributed by atoms with Crippen LogP contribution < -0.4 is 10.4 Å². The maximum Gasteiger partial charge on any atom is 0.416 e. The largest absolute Gasteiger partial charge is 0.416 e. The molecule has 1 aliphatic rings. The number of alkyl halides is 3. The van der Waals surface area contributed by atoms with Crippen molar-refractivity contribution in [1.29, 1.82) is 0 Å². The molecule has 2 aromatic carbocycles. The summed E-state index contributed by atoms with van der Waals surface area (Å²) in [5, 5.41) is 8.61. The van der Waals surface area contributed by atoms with Gasteiger partial charge in [0.15, 0.2) is 11.7 Å². The van der Waals surface area contributed by atoms with Crippen LogP contribution in [0.1, 0.15) is 22.4 Å². The monoisotopic (exact) mass is 405 g/mol. The molecule has 144 valence electrons. The summed E-state index contributed by atoms with van der Waals surface area (Å²) in [4.78, 5) is 4.54. The normalized spacial score (nSPS) is 15.5. The molecule has 1 aromatic heterocycles. The number of hydrazine groups is 1. The van der Waals surface area contributed by atoms with Crippen LogP contribution in [0.25, 0.3) is 0 Å². The molecular formula is C19H15ClF3N5. The van der Waals surface area contributed by atoms with E-state index >= 15 is 0 Å². The molecule has 0 saturated carbocycles. The van der Waals surface area contributed by atoms with Gasteiger partial charge in [-0.15, -0.1) is 0 Å². The Balaban J connectivity index is 1.74. The Kier molecular flexibility index (Phi) is 4.50.